The second-order valence-corrected chi connectivity index (χ2v) is 6.27. The molecule has 0 aliphatic heterocycles. The van der Waals surface area contributed by atoms with Crippen LogP contribution in [0.1, 0.15) is 30.1 Å². The third-order valence-electron chi connectivity index (χ3n) is 3.46. The molecule has 1 aliphatic rings. The number of aliphatic hydroxyl groups is 1. The Hall–Kier alpha value is -0.810. The van der Waals surface area contributed by atoms with Gasteiger partial charge in [0.2, 0.25) is 0 Å². The van der Waals surface area contributed by atoms with Crippen molar-refractivity contribution in [2.24, 2.45) is 5.92 Å². The summed E-state index contributed by atoms with van der Waals surface area (Å²) in [5, 5.41) is 10.1. The standard InChI is InChI=1S/C15H16INO/c16-14-5-1-11(2-6-14)9-17-8-7-13(10-17)15(18)12-3-4-12/h1-2,5-8,10,12,15,18H,3-4,9H2. The maximum Gasteiger partial charge on any atom is 0.0832 e. The van der Waals surface area contributed by atoms with Crippen LogP contribution >= 0.6 is 22.6 Å². The molecular weight excluding hydrogens is 337 g/mol. The Labute approximate surface area is 121 Å². The predicted octanol–water partition coefficient (Wildman–Crippen LogP) is 3.58. The Morgan fingerprint density at radius 1 is 1.22 bits per heavy atom. The van der Waals surface area contributed by atoms with E-state index in [4.69, 9.17) is 0 Å². The van der Waals surface area contributed by atoms with Gasteiger partial charge in [-0.25, -0.2) is 0 Å². The molecule has 1 aromatic heterocycles. The molecule has 3 heteroatoms. The van der Waals surface area contributed by atoms with Crippen LogP contribution in [0.4, 0.5) is 0 Å². The first kappa shape index (κ1) is 12.2. The molecule has 94 valence electrons. The average Bonchev–Trinajstić information content (AvgIpc) is 3.12. The van der Waals surface area contributed by atoms with E-state index in [-0.39, 0.29) is 6.10 Å². The highest BCUT2D eigenvalue weighted by atomic mass is 127. The van der Waals surface area contributed by atoms with Crippen molar-refractivity contribution in [1.82, 2.24) is 4.57 Å². The monoisotopic (exact) mass is 353 g/mol. The van der Waals surface area contributed by atoms with Gasteiger partial charge in [0.25, 0.3) is 0 Å². The van der Waals surface area contributed by atoms with Gasteiger partial charge in [-0.2, -0.15) is 0 Å². The highest BCUT2D eigenvalue weighted by molar-refractivity contribution is 14.1. The number of nitrogens with zero attached hydrogens (tertiary/aromatic N) is 1. The summed E-state index contributed by atoms with van der Waals surface area (Å²) in [4.78, 5) is 0. The molecule has 1 fully saturated rings. The van der Waals surface area contributed by atoms with Gasteiger partial charge in [0.1, 0.15) is 0 Å². The van der Waals surface area contributed by atoms with Crippen molar-refractivity contribution in [3.8, 4) is 0 Å². The maximum atomic E-state index is 10.1. The summed E-state index contributed by atoms with van der Waals surface area (Å²) in [5.74, 6) is 0.499. The minimum atomic E-state index is -0.261. The Balaban J connectivity index is 1.71. The zero-order chi connectivity index (χ0) is 12.5. The third kappa shape index (κ3) is 2.78. The average molecular weight is 353 g/mol. The van der Waals surface area contributed by atoms with Crippen LogP contribution in [0, 0.1) is 9.49 Å². The molecule has 2 nitrogen and oxygen atoms in total. The molecule has 0 spiro atoms. The van der Waals surface area contributed by atoms with Crippen LogP contribution in [0.25, 0.3) is 0 Å². The summed E-state index contributed by atoms with van der Waals surface area (Å²) in [7, 11) is 0. The van der Waals surface area contributed by atoms with E-state index in [1.807, 2.05) is 6.07 Å². The molecule has 0 radical (unpaired) electrons. The Bertz CT molecular complexity index is 528. The highest BCUT2D eigenvalue weighted by Gasteiger charge is 2.31. The van der Waals surface area contributed by atoms with Gasteiger partial charge in [0.15, 0.2) is 0 Å². The number of hydrogen-bond acceptors (Lipinski definition) is 1. The molecule has 1 unspecified atom stereocenters. The fraction of sp³-hybridized carbons (Fsp3) is 0.333. The SMILES string of the molecule is OC(c1ccn(Cc2ccc(I)cc2)c1)C1CC1. The third-order valence-corrected chi connectivity index (χ3v) is 4.18. The van der Waals surface area contributed by atoms with E-state index < -0.39 is 0 Å². The molecular formula is C15H16INO. The molecule has 3 rings (SSSR count). The van der Waals surface area contributed by atoms with Crippen molar-refractivity contribution < 1.29 is 5.11 Å². The predicted molar refractivity (Wildman–Crippen MR) is 80.4 cm³/mol. The molecule has 0 saturated heterocycles. The van der Waals surface area contributed by atoms with Crippen LogP contribution in [0.3, 0.4) is 0 Å². The topological polar surface area (TPSA) is 25.2 Å². The second-order valence-electron chi connectivity index (χ2n) is 5.03. The molecule has 1 aromatic carbocycles. The summed E-state index contributed by atoms with van der Waals surface area (Å²) in [6, 6.07) is 10.6. The lowest BCUT2D eigenvalue weighted by Crippen LogP contribution is -1.99. The van der Waals surface area contributed by atoms with Gasteiger partial charge in [-0.05, 0) is 70.7 Å². The van der Waals surface area contributed by atoms with E-state index in [2.05, 4.69) is 63.8 Å². The summed E-state index contributed by atoms with van der Waals surface area (Å²) in [6.45, 7) is 0.869. The van der Waals surface area contributed by atoms with Crippen molar-refractivity contribution in [3.63, 3.8) is 0 Å². The smallest absolute Gasteiger partial charge is 0.0832 e. The number of benzene rings is 1. The summed E-state index contributed by atoms with van der Waals surface area (Å²) in [5.41, 5.74) is 2.35. The molecule has 0 bridgehead atoms. The number of aromatic nitrogens is 1. The molecule has 1 saturated carbocycles. The van der Waals surface area contributed by atoms with Gasteiger partial charge in [-0.15, -0.1) is 0 Å². The van der Waals surface area contributed by atoms with Crippen LogP contribution in [-0.2, 0) is 6.54 Å². The second kappa shape index (κ2) is 5.05. The zero-order valence-corrected chi connectivity index (χ0v) is 12.2. The number of aliphatic hydroxyl groups excluding tert-OH is 1. The van der Waals surface area contributed by atoms with Crippen molar-refractivity contribution in [1.29, 1.82) is 0 Å². The van der Waals surface area contributed by atoms with Crippen molar-refractivity contribution >= 4 is 22.6 Å². The van der Waals surface area contributed by atoms with Gasteiger partial charge in [0.05, 0.1) is 6.10 Å². The molecule has 0 amide bonds. The van der Waals surface area contributed by atoms with Gasteiger partial charge >= 0.3 is 0 Å². The Kier molecular flexibility index (Phi) is 3.43. The van der Waals surface area contributed by atoms with E-state index in [1.165, 1.54) is 22.0 Å². The van der Waals surface area contributed by atoms with Gasteiger partial charge in [-0.3, -0.25) is 0 Å². The molecule has 1 N–H and O–H groups in total. The van der Waals surface area contributed by atoms with E-state index >= 15 is 0 Å². The van der Waals surface area contributed by atoms with Crippen LogP contribution in [0.2, 0.25) is 0 Å². The first-order chi connectivity index (χ1) is 8.72. The highest BCUT2D eigenvalue weighted by Crippen LogP contribution is 2.40. The zero-order valence-electron chi connectivity index (χ0n) is 10.1. The van der Waals surface area contributed by atoms with E-state index in [9.17, 15) is 5.11 Å². The molecule has 1 atom stereocenters. The summed E-state index contributed by atoms with van der Waals surface area (Å²) in [6.07, 6.45) is 6.20. The van der Waals surface area contributed by atoms with Crippen LogP contribution < -0.4 is 0 Å². The molecule has 1 aliphatic carbocycles. The largest absolute Gasteiger partial charge is 0.388 e. The van der Waals surface area contributed by atoms with Crippen LogP contribution in [-0.4, -0.2) is 9.67 Å². The van der Waals surface area contributed by atoms with E-state index in [1.54, 1.807) is 0 Å². The van der Waals surface area contributed by atoms with E-state index in [0.717, 1.165) is 12.1 Å². The minimum Gasteiger partial charge on any atom is -0.388 e. The quantitative estimate of drug-likeness (QED) is 0.836. The first-order valence-electron chi connectivity index (χ1n) is 6.30. The van der Waals surface area contributed by atoms with Crippen molar-refractivity contribution in [3.05, 3.63) is 57.4 Å². The van der Waals surface area contributed by atoms with Crippen LogP contribution in [0.5, 0.6) is 0 Å². The van der Waals surface area contributed by atoms with Crippen LogP contribution in [0.15, 0.2) is 42.7 Å². The normalized spacial score (nSPS) is 16.8. The first-order valence-corrected chi connectivity index (χ1v) is 7.38. The minimum absolute atomic E-state index is 0.261. The Morgan fingerprint density at radius 2 is 1.94 bits per heavy atom. The van der Waals surface area contributed by atoms with Crippen molar-refractivity contribution in [2.45, 2.75) is 25.5 Å². The fourth-order valence-electron chi connectivity index (χ4n) is 2.22. The van der Waals surface area contributed by atoms with Gasteiger partial charge in [0, 0.05) is 22.5 Å². The molecule has 1 heterocycles. The number of hydrogen-bond donors (Lipinski definition) is 1. The summed E-state index contributed by atoms with van der Waals surface area (Å²) >= 11 is 2.31. The fourth-order valence-corrected chi connectivity index (χ4v) is 2.58. The molecule has 18 heavy (non-hydrogen) atoms. The number of rotatable bonds is 4. The van der Waals surface area contributed by atoms with Gasteiger partial charge < -0.3 is 9.67 Å². The Morgan fingerprint density at radius 3 is 2.61 bits per heavy atom. The number of halogens is 1. The summed E-state index contributed by atoms with van der Waals surface area (Å²) < 4.78 is 3.40. The lowest BCUT2D eigenvalue weighted by atomic mass is 10.1. The van der Waals surface area contributed by atoms with E-state index in [0.29, 0.717) is 5.92 Å². The molecule has 2 aromatic rings. The maximum absolute atomic E-state index is 10.1. The van der Waals surface area contributed by atoms with Crippen molar-refractivity contribution in [2.75, 3.05) is 0 Å². The van der Waals surface area contributed by atoms with Gasteiger partial charge in [-0.1, -0.05) is 12.1 Å². The lowest BCUT2D eigenvalue weighted by molar-refractivity contribution is 0.154. The lowest BCUT2D eigenvalue weighted by Gasteiger charge is -2.06.